The lowest BCUT2D eigenvalue weighted by Gasteiger charge is -2.57. The fourth-order valence-electron chi connectivity index (χ4n) is 6.44. The third kappa shape index (κ3) is 3.35. The maximum atomic E-state index is 12.2. The van der Waals surface area contributed by atoms with Crippen molar-refractivity contribution in [1.82, 2.24) is 0 Å². The van der Waals surface area contributed by atoms with E-state index in [1.54, 1.807) is 12.2 Å². The van der Waals surface area contributed by atoms with E-state index in [9.17, 15) is 10.2 Å². The van der Waals surface area contributed by atoms with Crippen molar-refractivity contribution in [2.45, 2.75) is 89.6 Å². The van der Waals surface area contributed by atoms with Crippen LogP contribution < -0.4 is 0 Å². The van der Waals surface area contributed by atoms with Crippen LogP contribution in [0, 0.1) is 22.7 Å². The molecule has 5 rings (SSSR count). The summed E-state index contributed by atoms with van der Waals surface area (Å²) in [5.74, 6) is -2.04. The third-order valence-corrected chi connectivity index (χ3v) is 8.59. The first-order valence-corrected chi connectivity index (χ1v) is 11.9. The minimum absolute atomic E-state index is 0.0171. The number of rotatable bonds is 2. The van der Waals surface area contributed by atoms with Gasteiger partial charge in [-0.05, 0) is 39.3 Å². The van der Waals surface area contributed by atoms with Crippen LogP contribution in [0.15, 0.2) is 24.3 Å². The molecule has 0 spiro atoms. The Bertz CT molecular complexity index is 813. The van der Waals surface area contributed by atoms with Crippen LogP contribution in [-0.2, 0) is 23.7 Å². The Morgan fingerprint density at radius 1 is 0.938 bits per heavy atom. The Morgan fingerprint density at radius 2 is 1.62 bits per heavy atom. The van der Waals surface area contributed by atoms with Crippen molar-refractivity contribution in [3.63, 3.8) is 0 Å². The zero-order chi connectivity index (χ0) is 23.2. The zero-order valence-corrected chi connectivity index (χ0v) is 20.0. The smallest absolute Gasteiger partial charge is 0.185 e. The van der Waals surface area contributed by atoms with Crippen molar-refractivity contribution in [3.05, 3.63) is 24.3 Å². The van der Waals surface area contributed by atoms with E-state index < -0.39 is 34.1 Å². The molecule has 7 nitrogen and oxygen atoms in total. The van der Waals surface area contributed by atoms with Crippen molar-refractivity contribution in [1.29, 1.82) is 0 Å². The first kappa shape index (κ1) is 23.0. The van der Waals surface area contributed by atoms with E-state index in [1.807, 2.05) is 34.6 Å². The van der Waals surface area contributed by atoms with Gasteiger partial charge in [0.05, 0.1) is 38.1 Å². The maximum Gasteiger partial charge on any atom is 0.185 e. The molecule has 0 amide bonds. The summed E-state index contributed by atoms with van der Waals surface area (Å²) in [5, 5.41) is 24.2. The Hall–Kier alpha value is -0.800. The van der Waals surface area contributed by atoms with Crippen LogP contribution in [0.4, 0.5) is 0 Å². The van der Waals surface area contributed by atoms with Crippen molar-refractivity contribution in [2.24, 2.45) is 22.7 Å². The molecule has 180 valence electrons. The molecule has 5 aliphatic rings. The normalized spacial score (nSPS) is 51.8. The van der Waals surface area contributed by atoms with Crippen molar-refractivity contribution < 1.29 is 33.9 Å². The highest BCUT2D eigenvalue weighted by Gasteiger charge is 2.71. The lowest BCUT2D eigenvalue weighted by Crippen LogP contribution is -2.66. The summed E-state index contributed by atoms with van der Waals surface area (Å²) >= 11 is 0. The van der Waals surface area contributed by atoms with Crippen molar-refractivity contribution in [3.8, 4) is 0 Å². The maximum absolute atomic E-state index is 12.2. The summed E-state index contributed by atoms with van der Waals surface area (Å²) in [5.41, 5.74) is -2.61. The second-order valence-corrected chi connectivity index (χ2v) is 11.7. The molecule has 0 aromatic carbocycles. The molecular weight excluding hydrogens is 412 g/mol. The molecule has 0 unspecified atom stereocenters. The van der Waals surface area contributed by atoms with E-state index in [-0.39, 0.29) is 30.1 Å². The van der Waals surface area contributed by atoms with Gasteiger partial charge in [0.1, 0.15) is 11.7 Å². The molecule has 0 radical (unpaired) electrons. The molecule has 0 aromatic heterocycles. The van der Waals surface area contributed by atoms with Gasteiger partial charge in [-0.15, -0.1) is 0 Å². The summed E-state index contributed by atoms with van der Waals surface area (Å²) in [6.07, 6.45) is 7.06. The van der Waals surface area contributed by atoms with Gasteiger partial charge in [-0.1, -0.05) is 32.9 Å². The Balaban J connectivity index is 1.57. The number of fused-ring (bicyclic) bond motifs is 6. The largest absolute Gasteiger partial charge is 0.389 e. The molecule has 0 bridgehead atoms. The first-order valence-electron chi connectivity index (χ1n) is 11.9. The first-order chi connectivity index (χ1) is 14.8. The summed E-state index contributed by atoms with van der Waals surface area (Å²) in [6.45, 7) is 13.2. The predicted octanol–water partition coefficient (Wildman–Crippen LogP) is 2.55. The molecule has 3 saturated heterocycles. The van der Waals surface area contributed by atoms with E-state index in [0.29, 0.717) is 26.2 Å². The second-order valence-electron chi connectivity index (χ2n) is 11.7. The molecule has 8 atom stereocenters. The van der Waals surface area contributed by atoms with Crippen LogP contribution in [0.2, 0.25) is 0 Å². The van der Waals surface area contributed by atoms with E-state index in [4.69, 9.17) is 23.7 Å². The molecule has 3 aliphatic heterocycles. The number of allylic oxidation sites excluding steroid dienone is 1. The minimum Gasteiger partial charge on any atom is -0.389 e. The summed E-state index contributed by atoms with van der Waals surface area (Å²) < 4.78 is 29.9. The van der Waals surface area contributed by atoms with Crippen LogP contribution in [0.1, 0.15) is 48.0 Å². The quantitative estimate of drug-likeness (QED) is 0.494. The number of epoxide rings is 1. The Morgan fingerprint density at radius 3 is 2.31 bits per heavy atom. The number of hydrogen-bond donors (Lipinski definition) is 2. The van der Waals surface area contributed by atoms with Gasteiger partial charge in [-0.3, -0.25) is 0 Å². The average molecular weight is 451 g/mol. The van der Waals surface area contributed by atoms with Gasteiger partial charge in [0, 0.05) is 22.7 Å². The van der Waals surface area contributed by atoms with Crippen LogP contribution in [0.3, 0.4) is 0 Å². The van der Waals surface area contributed by atoms with E-state index in [0.717, 1.165) is 0 Å². The van der Waals surface area contributed by atoms with Gasteiger partial charge in [0.2, 0.25) is 0 Å². The van der Waals surface area contributed by atoms with Crippen LogP contribution in [0.5, 0.6) is 0 Å². The fraction of sp³-hybridized carbons (Fsp3) is 0.840. The lowest BCUT2D eigenvalue weighted by atomic mass is 9.53. The highest BCUT2D eigenvalue weighted by Crippen LogP contribution is 2.61. The molecule has 4 fully saturated rings. The van der Waals surface area contributed by atoms with Gasteiger partial charge in [-0.25, -0.2) is 0 Å². The molecular formula is C25H38O7. The minimum atomic E-state index is -1.53. The van der Waals surface area contributed by atoms with E-state index in [2.05, 4.69) is 19.1 Å². The topological polar surface area (TPSA) is 89.9 Å². The average Bonchev–Trinajstić information content (AvgIpc) is 3.41. The highest BCUT2D eigenvalue weighted by molar-refractivity contribution is 5.28. The van der Waals surface area contributed by atoms with Crippen LogP contribution in [-0.4, -0.2) is 71.6 Å². The van der Waals surface area contributed by atoms with Gasteiger partial charge < -0.3 is 33.9 Å². The molecule has 2 N–H and O–H groups in total. The monoisotopic (exact) mass is 450 g/mol. The van der Waals surface area contributed by atoms with Crippen molar-refractivity contribution in [2.75, 3.05) is 19.8 Å². The van der Waals surface area contributed by atoms with E-state index >= 15 is 0 Å². The van der Waals surface area contributed by atoms with Gasteiger partial charge in [-0.2, -0.15) is 0 Å². The van der Waals surface area contributed by atoms with E-state index in [1.165, 1.54) is 0 Å². The number of hydrogen-bond acceptors (Lipinski definition) is 7. The van der Waals surface area contributed by atoms with Gasteiger partial charge >= 0.3 is 0 Å². The number of ether oxygens (including phenoxy) is 5. The highest BCUT2D eigenvalue weighted by atomic mass is 16.7. The second kappa shape index (κ2) is 7.11. The zero-order valence-electron chi connectivity index (χ0n) is 20.0. The lowest BCUT2D eigenvalue weighted by molar-refractivity contribution is -0.317. The number of aliphatic hydroxyl groups is 2. The molecule has 32 heavy (non-hydrogen) atoms. The Kier molecular flexibility index (Phi) is 5.10. The molecule has 7 heteroatoms. The standard InChI is InChI=1S/C25H38O7/c1-21(2)8-7-9-23(5)16(15-14-30-22(3,4)32-17(15)18-20(23)31-18)19(26)25(21,27)11-10-24(6)28-12-13-29-24/h7,9-11,15-20,26-27H,8,12-14H2,1-6H3/b9-7+,11-10+/t15-,16+,17+,18+,19+,20+,23-,25+/m0/s1. The third-order valence-electron chi connectivity index (χ3n) is 8.59. The molecule has 2 aliphatic carbocycles. The SMILES string of the molecule is CC1(C)OC[C@@H]2[C@@H](O1)[C@H]1O[C@H]1[C@@]1(C)/C=C/CC(C)(C)[C@@](O)(/C=C/C3(C)OCCO3)[C@H](O)[C@@H]21. The molecule has 3 heterocycles. The van der Waals surface area contributed by atoms with Gasteiger partial charge in [0.25, 0.3) is 0 Å². The predicted molar refractivity (Wildman–Crippen MR) is 117 cm³/mol. The summed E-state index contributed by atoms with van der Waals surface area (Å²) in [4.78, 5) is 0. The summed E-state index contributed by atoms with van der Waals surface area (Å²) in [6, 6.07) is 0. The fourth-order valence-corrected chi connectivity index (χ4v) is 6.44. The summed E-state index contributed by atoms with van der Waals surface area (Å²) in [7, 11) is 0. The molecule has 0 aromatic rings. The Labute approximate surface area is 190 Å². The van der Waals surface area contributed by atoms with Crippen LogP contribution >= 0.6 is 0 Å². The van der Waals surface area contributed by atoms with Crippen molar-refractivity contribution >= 4 is 0 Å². The van der Waals surface area contributed by atoms with Crippen LogP contribution in [0.25, 0.3) is 0 Å². The molecule has 1 saturated carbocycles. The van der Waals surface area contributed by atoms with Gasteiger partial charge in [0.15, 0.2) is 11.6 Å². The number of aliphatic hydroxyl groups excluding tert-OH is 1.